The SMILES string of the molecule is CN1CCN(c2ccc(CCCNS(=O)(=O)c3ccc([N+](=O)[O-])cc3)cc2)CC1. The predicted octanol–water partition coefficient (Wildman–Crippen LogP) is 2.26. The number of benzene rings is 2. The topological polar surface area (TPSA) is 95.8 Å². The Morgan fingerprint density at radius 2 is 1.62 bits per heavy atom. The van der Waals surface area contributed by atoms with Crippen molar-refractivity contribution in [2.45, 2.75) is 17.7 Å². The van der Waals surface area contributed by atoms with E-state index in [4.69, 9.17) is 0 Å². The quantitative estimate of drug-likeness (QED) is 0.401. The third kappa shape index (κ3) is 5.75. The summed E-state index contributed by atoms with van der Waals surface area (Å²) in [5.41, 5.74) is 2.25. The molecule has 1 N–H and O–H groups in total. The summed E-state index contributed by atoms with van der Waals surface area (Å²) in [4.78, 5) is 14.8. The zero-order chi connectivity index (χ0) is 20.9. The Hall–Kier alpha value is -2.49. The second-order valence-corrected chi connectivity index (χ2v) is 8.98. The van der Waals surface area contributed by atoms with Crippen molar-refractivity contribution in [3.63, 3.8) is 0 Å². The van der Waals surface area contributed by atoms with Gasteiger partial charge in [0.2, 0.25) is 10.0 Å². The van der Waals surface area contributed by atoms with E-state index < -0.39 is 14.9 Å². The van der Waals surface area contributed by atoms with Crippen molar-refractivity contribution in [1.29, 1.82) is 0 Å². The Kier molecular flexibility index (Phi) is 6.83. The fourth-order valence-corrected chi connectivity index (χ4v) is 4.34. The van der Waals surface area contributed by atoms with Gasteiger partial charge in [-0.05, 0) is 49.7 Å². The molecule has 9 heteroatoms. The number of non-ortho nitro benzene ring substituents is 1. The van der Waals surface area contributed by atoms with Gasteiger partial charge >= 0.3 is 0 Å². The fourth-order valence-electron chi connectivity index (χ4n) is 3.27. The standard InChI is InChI=1S/C20H26N4O4S/c1-22-13-15-23(16-14-22)18-6-4-17(5-7-18)3-2-12-21-29(27,28)20-10-8-19(9-11-20)24(25)26/h4-11,21H,2-3,12-16H2,1H3. The highest BCUT2D eigenvalue weighted by atomic mass is 32.2. The average Bonchev–Trinajstić information content (AvgIpc) is 2.72. The molecule has 0 bridgehead atoms. The molecule has 1 fully saturated rings. The van der Waals surface area contributed by atoms with Crippen LogP contribution in [0.15, 0.2) is 53.4 Å². The van der Waals surface area contributed by atoms with Crippen LogP contribution in [0.1, 0.15) is 12.0 Å². The zero-order valence-electron chi connectivity index (χ0n) is 16.5. The molecular formula is C20H26N4O4S. The number of hydrogen-bond acceptors (Lipinski definition) is 6. The van der Waals surface area contributed by atoms with Crippen LogP contribution in [0.25, 0.3) is 0 Å². The van der Waals surface area contributed by atoms with Gasteiger partial charge in [-0.1, -0.05) is 12.1 Å². The van der Waals surface area contributed by atoms with Crippen LogP contribution >= 0.6 is 0 Å². The van der Waals surface area contributed by atoms with Crippen LogP contribution in [0.3, 0.4) is 0 Å². The summed E-state index contributed by atoms with van der Waals surface area (Å²) in [5, 5.41) is 10.7. The number of anilines is 1. The highest BCUT2D eigenvalue weighted by Gasteiger charge is 2.16. The van der Waals surface area contributed by atoms with Crippen LogP contribution in [-0.4, -0.2) is 58.0 Å². The van der Waals surface area contributed by atoms with E-state index in [1.807, 2.05) is 0 Å². The number of nitrogens with zero attached hydrogens (tertiary/aromatic N) is 3. The molecule has 2 aromatic carbocycles. The summed E-state index contributed by atoms with van der Waals surface area (Å²) in [7, 11) is -1.53. The lowest BCUT2D eigenvalue weighted by atomic mass is 10.1. The molecule has 29 heavy (non-hydrogen) atoms. The first kappa shape index (κ1) is 21.2. The van der Waals surface area contributed by atoms with Crippen molar-refractivity contribution in [1.82, 2.24) is 9.62 Å². The molecule has 1 aliphatic heterocycles. The number of likely N-dealkylation sites (N-methyl/N-ethyl adjacent to an activating group) is 1. The number of nitro groups is 1. The van der Waals surface area contributed by atoms with Crippen molar-refractivity contribution in [2.24, 2.45) is 0 Å². The molecule has 156 valence electrons. The van der Waals surface area contributed by atoms with Gasteiger partial charge < -0.3 is 9.80 Å². The third-order valence-electron chi connectivity index (χ3n) is 5.10. The van der Waals surface area contributed by atoms with Gasteiger partial charge in [-0.15, -0.1) is 0 Å². The van der Waals surface area contributed by atoms with E-state index in [9.17, 15) is 18.5 Å². The molecule has 0 spiro atoms. The van der Waals surface area contributed by atoms with E-state index in [0.29, 0.717) is 13.0 Å². The molecule has 1 aliphatic rings. The Balaban J connectivity index is 1.46. The van der Waals surface area contributed by atoms with Gasteiger partial charge in [0.15, 0.2) is 0 Å². The molecule has 2 aromatic rings. The number of hydrogen-bond donors (Lipinski definition) is 1. The molecular weight excluding hydrogens is 392 g/mol. The summed E-state index contributed by atoms with van der Waals surface area (Å²) in [5.74, 6) is 0. The molecule has 0 saturated carbocycles. The van der Waals surface area contributed by atoms with Gasteiger partial charge in [0.05, 0.1) is 9.82 Å². The molecule has 1 heterocycles. The lowest BCUT2D eigenvalue weighted by molar-refractivity contribution is -0.384. The van der Waals surface area contributed by atoms with Gasteiger partial charge in [0.1, 0.15) is 0 Å². The number of nitrogens with one attached hydrogen (secondary N) is 1. The van der Waals surface area contributed by atoms with Crippen molar-refractivity contribution in [3.05, 3.63) is 64.2 Å². The summed E-state index contributed by atoms with van der Waals surface area (Å²) in [6.07, 6.45) is 1.44. The molecule has 0 aliphatic carbocycles. The maximum Gasteiger partial charge on any atom is 0.269 e. The number of sulfonamides is 1. The molecule has 1 saturated heterocycles. The first-order chi connectivity index (χ1) is 13.8. The third-order valence-corrected chi connectivity index (χ3v) is 6.57. The molecule has 0 unspecified atom stereocenters. The fraction of sp³-hybridized carbons (Fsp3) is 0.400. The number of nitro benzene ring substituents is 1. The minimum Gasteiger partial charge on any atom is -0.369 e. The Labute approximate surface area is 171 Å². The minimum absolute atomic E-state index is 0.0274. The Bertz CT molecular complexity index is 922. The second-order valence-electron chi connectivity index (χ2n) is 7.21. The predicted molar refractivity (Wildman–Crippen MR) is 113 cm³/mol. The normalized spacial score (nSPS) is 15.4. The molecule has 0 aromatic heterocycles. The summed E-state index contributed by atoms with van der Waals surface area (Å²) < 4.78 is 27.1. The summed E-state index contributed by atoms with van der Waals surface area (Å²) in [6.45, 7) is 4.49. The van der Waals surface area contributed by atoms with E-state index in [1.165, 1.54) is 30.0 Å². The first-order valence-corrected chi connectivity index (χ1v) is 11.1. The van der Waals surface area contributed by atoms with Gasteiger partial charge in [0, 0.05) is 50.5 Å². The molecule has 0 radical (unpaired) electrons. The average molecular weight is 419 g/mol. The Morgan fingerprint density at radius 1 is 1.00 bits per heavy atom. The van der Waals surface area contributed by atoms with E-state index in [1.54, 1.807) is 0 Å². The number of rotatable bonds is 8. The Morgan fingerprint density at radius 3 is 2.21 bits per heavy atom. The van der Waals surface area contributed by atoms with E-state index in [0.717, 1.165) is 38.2 Å². The minimum atomic E-state index is -3.67. The van der Waals surface area contributed by atoms with Gasteiger partial charge in [-0.3, -0.25) is 10.1 Å². The largest absolute Gasteiger partial charge is 0.369 e. The van der Waals surface area contributed by atoms with Crippen LogP contribution in [0, 0.1) is 10.1 Å². The van der Waals surface area contributed by atoms with Crippen LogP contribution in [-0.2, 0) is 16.4 Å². The summed E-state index contributed by atoms with van der Waals surface area (Å²) >= 11 is 0. The second kappa shape index (κ2) is 9.34. The van der Waals surface area contributed by atoms with Crippen molar-refractivity contribution >= 4 is 21.4 Å². The molecule has 3 rings (SSSR count). The summed E-state index contributed by atoms with van der Waals surface area (Å²) in [6, 6.07) is 13.3. The smallest absolute Gasteiger partial charge is 0.269 e. The van der Waals surface area contributed by atoms with Crippen LogP contribution < -0.4 is 9.62 Å². The first-order valence-electron chi connectivity index (χ1n) is 9.62. The van der Waals surface area contributed by atoms with Gasteiger partial charge in [0.25, 0.3) is 5.69 Å². The van der Waals surface area contributed by atoms with Crippen molar-refractivity contribution < 1.29 is 13.3 Å². The molecule has 0 atom stereocenters. The molecule has 0 amide bonds. The van der Waals surface area contributed by atoms with Gasteiger partial charge in [-0.2, -0.15) is 0 Å². The van der Waals surface area contributed by atoms with E-state index in [-0.39, 0.29) is 10.6 Å². The lowest BCUT2D eigenvalue weighted by Crippen LogP contribution is -2.44. The maximum absolute atomic E-state index is 12.3. The zero-order valence-corrected chi connectivity index (χ0v) is 17.3. The van der Waals surface area contributed by atoms with Gasteiger partial charge in [-0.25, -0.2) is 13.1 Å². The maximum atomic E-state index is 12.3. The van der Waals surface area contributed by atoms with Crippen LogP contribution in [0.5, 0.6) is 0 Å². The monoisotopic (exact) mass is 418 g/mol. The van der Waals surface area contributed by atoms with Crippen molar-refractivity contribution in [2.75, 3.05) is 44.7 Å². The lowest BCUT2D eigenvalue weighted by Gasteiger charge is -2.34. The van der Waals surface area contributed by atoms with Crippen molar-refractivity contribution in [3.8, 4) is 0 Å². The van der Waals surface area contributed by atoms with Crippen LogP contribution in [0.4, 0.5) is 11.4 Å². The number of aryl methyl sites for hydroxylation is 1. The highest BCUT2D eigenvalue weighted by Crippen LogP contribution is 2.18. The van der Waals surface area contributed by atoms with E-state index in [2.05, 4.69) is 45.8 Å². The van der Waals surface area contributed by atoms with Crippen LogP contribution in [0.2, 0.25) is 0 Å². The highest BCUT2D eigenvalue weighted by molar-refractivity contribution is 7.89. The molecule has 8 nitrogen and oxygen atoms in total. The number of piperazine rings is 1. The van der Waals surface area contributed by atoms with E-state index >= 15 is 0 Å².